The summed E-state index contributed by atoms with van der Waals surface area (Å²) in [4.78, 5) is 13.4. The first-order valence-corrected chi connectivity index (χ1v) is 35.0. The van der Waals surface area contributed by atoms with Crippen LogP contribution in [0.3, 0.4) is 0 Å². The minimum absolute atomic E-state index is 0.227. The third kappa shape index (κ3) is 34.8. The molecule has 17 atom stereocenters. The van der Waals surface area contributed by atoms with Crippen molar-refractivity contribution in [1.82, 2.24) is 5.32 Å². The molecule has 0 radical (unpaired) electrons. The minimum atomic E-state index is -1.99. The number of hydrogen-bond acceptors (Lipinski definition) is 18. The molecule has 3 rings (SSSR count). The third-order valence-corrected chi connectivity index (χ3v) is 16.8. The van der Waals surface area contributed by atoms with Gasteiger partial charge >= 0.3 is 0 Å². The first-order chi connectivity index (χ1) is 44.3. The van der Waals surface area contributed by atoms with Crippen LogP contribution in [-0.2, 0) is 33.2 Å². The Kier molecular flexibility index (Phi) is 47.7. The lowest BCUT2D eigenvalue weighted by atomic mass is 9.96. The van der Waals surface area contributed by atoms with Crippen molar-refractivity contribution >= 4 is 5.91 Å². The summed E-state index contributed by atoms with van der Waals surface area (Å²) in [5.41, 5.74) is 0. The van der Waals surface area contributed by atoms with Crippen LogP contribution in [0.1, 0.15) is 219 Å². The van der Waals surface area contributed by atoms with Gasteiger partial charge in [-0.2, -0.15) is 0 Å². The van der Waals surface area contributed by atoms with Crippen LogP contribution in [-0.4, -0.2) is 193 Å². The molecule has 0 aromatic carbocycles. The number of nitrogens with one attached hydrogen (secondary N) is 1. The molecule has 0 aromatic heterocycles. The van der Waals surface area contributed by atoms with E-state index in [4.69, 9.17) is 28.4 Å². The fourth-order valence-electron chi connectivity index (χ4n) is 11.2. The van der Waals surface area contributed by atoms with Gasteiger partial charge in [-0.1, -0.05) is 220 Å². The van der Waals surface area contributed by atoms with Crippen LogP contribution >= 0.6 is 0 Å². The van der Waals surface area contributed by atoms with Crippen molar-refractivity contribution in [2.75, 3.05) is 26.4 Å². The molecule has 17 unspecified atom stereocenters. The molecule has 12 N–H and O–H groups in total. The lowest BCUT2D eigenvalue weighted by Crippen LogP contribution is -2.66. The molecule has 1 amide bonds. The first kappa shape index (κ1) is 81.9. The second-order valence-corrected chi connectivity index (χ2v) is 24.6. The molecule has 0 saturated carbocycles. The van der Waals surface area contributed by atoms with Crippen molar-refractivity contribution in [1.29, 1.82) is 0 Å². The monoisotopic (exact) mass is 1290 g/mol. The Morgan fingerprint density at radius 3 is 1.23 bits per heavy atom. The topological polar surface area (TPSA) is 307 Å². The zero-order valence-corrected chi connectivity index (χ0v) is 55.3. The van der Waals surface area contributed by atoms with E-state index < -0.39 is 124 Å². The van der Waals surface area contributed by atoms with Gasteiger partial charge in [-0.25, -0.2) is 0 Å². The van der Waals surface area contributed by atoms with Gasteiger partial charge in [0.2, 0.25) is 5.91 Å². The lowest BCUT2D eigenvalue weighted by molar-refractivity contribution is -0.379. The zero-order chi connectivity index (χ0) is 66.1. The van der Waals surface area contributed by atoms with Crippen LogP contribution in [0.25, 0.3) is 0 Å². The van der Waals surface area contributed by atoms with Gasteiger partial charge in [0.1, 0.15) is 73.2 Å². The fraction of sp³-hybridized carbons (Fsp3) is 0.764. The fourth-order valence-corrected chi connectivity index (χ4v) is 11.2. The number of hydrogen-bond donors (Lipinski definition) is 12. The molecule has 19 nitrogen and oxygen atoms in total. The summed E-state index contributed by atoms with van der Waals surface area (Å²) in [6.45, 7) is 1.56. The molecule has 3 aliphatic rings. The molecular formula is C72H123NO18. The number of allylic oxidation sites excluding steroid dienone is 15. The minimum Gasteiger partial charge on any atom is -0.394 e. The van der Waals surface area contributed by atoms with Crippen LogP contribution in [0.2, 0.25) is 0 Å². The Bertz CT molecular complexity index is 2030. The first-order valence-electron chi connectivity index (χ1n) is 35.0. The Hall–Kier alpha value is -3.29. The summed E-state index contributed by atoms with van der Waals surface area (Å²) in [5.74, 6) is -0.294. The molecule has 524 valence electrons. The van der Waals surface area contributed by atoms with Crippen molar-refractivity contribution in [2.45, 2.75) is 324 Å². The summed E-state index contributed by atoms with van der Waals surface area (Å²) >= 11 is 0. The van der Waals surface area contributed by atoms with E-state index in [0.717, 1.165) is 83.5 Å². The maximum Gasteiger partial charge on any atom is 0.220 e. The summed E-state index contributed by atoms with van der Waals surface area (Å²) in [5, 5.41) is 120. The van der Waals surface area contributed by atoms with Crippen LogP contribution in [0, 0.1) is 0 Å². The summed E-state index contributed by atoms with van der Waals surface area (Å²) in [7, 11) is 0. The van der Waals surface area contributed by atoms with Gasteiger partial charge in [0, 0.05) is 6.42 Å². The number of amides is 1. The number of aliphatic hydroxyl groups is 11. The van der Waals surface area contributed by atoms with Crippen molar-refractivity contribution in [3.8, 4) is 0 Å². The van der Waals surface area contributed by atoms with Crippen molar-refractivity contribution in [3.05, 3.63) is 97.2 Å². The highest BCUT2D eigenvalue weighted by molar-refractivity contribution is 5.76. The molecule has 0 spiro atoms. The van der Waals surface area contributed by atoms with Gasteiger partial charge in [-0.15, -0.1) is 0 Å². The molecule has 3 saturated heterocycles. The summed E-state index contributed by atoms with van der Waals surface area (Å²) in [6, 6.07) is -1.00. The average molecular weight is 1290 g/mol. The van der Waals surface area contributed by atoms with E-state index in [1.54, 1.807) is 6.08 Å². The normalized spacial score (nSPS) is 28.5. The molecule has 3 aliphatic heterocycles. The molecule has 91 heavy (non-hydrogen) atoms. The van der Waals surface area contributed by atoms with E-state index in [2.05, 4.69) is 104 Å². The van der Waals surface area contributed by atoms with E-state index in [9.17, 15) is 61.0 Å². The smallest absolute Gasteiger partial charge is 0.220 e. The van der Waals surface area contributed by atoms with Gasteiger partial charge in [-0.05, 0) is 89.9 Å². The number of carbonyl (C=O) groups excluding carboxylic acids is 1. The van der Waals surface area contributed by atoms with Gasteiger partial charge < -0.3 is 89.9 Å². The Balaban J connectivity index is 1.40. The van der Waals surface area contributed by atoms with Gasteiger partial charge in [-0.3, -0.25) is 4.79 Å². The van der Waals surface area contributed by atoms with E-state index in [0.29, 0.717) is 12.8 Å². The Morgan fingerprint density at radius 2 is 0.769 bits per heavy atom. The highest BCUT2D eigenvalue weighted by Gasteiger charge is 2.53. The van der Waals surface area contributed by atoms with Crippen molar-refractivity contribution in [2.24, 2.45) is 0 Å². The van der Waals surface area contributed by atoms with Gasteiger partial charge in [0.25, 0.3) is 0 Å². The molecular weight excluding hydrogens is 1170 g/mol. The predicted molar refractivity (Wildman–Crippen MR) is 355 cm³/mol. The van der Waals surface area contributed by atoms with Gasteiger partial charge in [0.05, 0.1) is 38.6 Å². The third-order valence-electron chi connectivity index (χ3n) is 16.8. The number of unbranched alkanes of at least 4 members (excludes halogenated alkanes) is 22. The number of aliphatic hydroxyl groups excluding tert-OH is 11. The summed E-state index contributed by atoms with van der Waals surface area (Å²) < 4.78 is 34.3. The average Bonchev–Trinajstić information content (AvgIpc) is 0.876. The molecule has 3 heterocycles. The number of rotatable bonds is 52. The number of ether oxygens (including phenoxy) is 6. The SMILES string of the molecule is CC/C=C\C/C=C\C/C=C\C/C=C\C/C=C\CCCCCCCCCCCCCCCCCC(=O)NC(COC1OC(CO)C(OC2OC(CO)C(OC3OC(CO)C(O)C(O)C3O)C(O)C2O)C(O)C1O)C(O)/C=C/CC/C=C/CC/C=C/CCCCCCC. The van der Waals surface area contributed by atoms with Crippen LogP contribution in [0.4, 0.5) is 0 Å². The molecule has 0 aromatic rings. The predicted octanol–water partition coefficient (Wildman–Crippen LogP) is 9.27. The van der Waals surface area contributed by atoms with Crippen molar-refractivity contribution in [3.63, 3.8) is 0 Å². The largest absolute Gasteiger partial charge is 0.394 e. The zero-order valence-electron chi connectivity index (χ0n) is 55.3. The Labute approximate surface area is 545 Å². The molecule has 0 aliphatic carbocycles. The maximum absolute atomic E-state index is 13.4. The quantitative estimate of drug-likeness (QED) is 0.0199. The van der Waals surface area contributed by atoms with E-state index >= 15 is 0 Å². The summed E-state index contributed by atoms with van der Waals surface area (Å²) in [6.07, 6.45) is 42.5. The molecule has 0 bridgehead atoms. The van der Waals surface area contributed by atoms with Gasteiger partial charge in [0.15, 0.2) is 18.9 Å². The highest BCUT2D eigenvalue weighted by Crippen LogP contribution is 2.33. The maximum atomic E-state index is 13.4. The van der Waals surface area contributed by atoms with E-state index in [1.165, 1.54) is 103 Å². The van der Waals surface area contributed by atoms with E-state index in [1.807, 2.05) is 6.08 Å². The second-order valence-electron chi connectivity index (χ2n) is 24.6. The molecule has 19 heteroatoms. The van der Waals surface area contributed by atoms with Crippen LogP contribution in [0.5, 0.6) is 0 Å². The van der Waals surface area contributed by atoms with Crippen molar-refractivity contribution < 1.29 is 89.4 Å². The highest BCUT2D eigenvalue weighted by atomic mass is 16.8. The standard InChI is InChI=1S/C72H123NO18/c1-3-5-7-9-11-13-15-17-19-20-21-22-23-24-25-26-27-28-29-30-31-32-33-34-36-38-40-42-44-46-48-50-60(78)73-55(56(77)49-47-45-43-41-39-37-35-18-16-14-12-10-8-6-4-2)54-86-70-66(84)63(81)68(58(52-75)88-70)91-72-67(85)64(82)69(59(53-76)89-72)90-71-65(83)62(80)61(79)57(51-74)87-71/h5,7,11,13,16-19,21-22,24-25,39,41,47,49,55-59,61-72,74-77,79-85H,3-4,6,8-10,12,14-15,20,23,26-38,40,42-46,48,50-54H2,1-2H3,(H,73,78)/b7-5-,13-11-,18-16+,19-17-,22-21-,25-24-,41-39+,49-47+. The van der Waals surface area contributed by atoms with Crippen LogP contribution < -0.4 is 5.32 Å². The second kappa shape index (κ2) is 52.9. The Morgan fingerprint density at radius 1 is 0.407 bits per heavy atom. The lowest BCUT2D eigenvalue weighted by Gasteiger charge is -2.48. The number of carbonyl (C=O) groups is 1. The van der Waals surface area contributed by atoms with Crippen LogP contribution in [0.15, 0.2) is 97.2 Å². The molecule has 3 fully saturated rings. The van der Waals surface area contributed by atoms with E-state index in [-0.39, 0.29) is 18.9 Å².